The summed E-state index contributed by atoms with van der Waals surface area (Å²) in [5.41, 5.74) is 2.33. The Morgan fingerprint density at radius 3 is 2.74 bits per heavy atom. The summed E-state index contributed by atoms with van der Waals surface area (Å²) in [6.45, 7) is 6.40. The van der Waals surface area contributed by atoms with Gasteiger partial charge in [0.1, 0.15) is 5.65 Å². The zero-order valence-corrected chi connectivity index (χ0v) is 16.2. The predicted octanol–water partition coefficient (Wildman–Crippen LogP) is 1.33. The highest BCUT2D eigenvalue weighted by Crippen LogP contribution is 2.21. The molecule has 0 saturated carbocycles. The Kier molecular flexibility index (Phi) is 4.98. The van der Waals surface area contributed by atoms with Gasteiger partial charge in [-0.25, -0.2) is 18.4 Å². The van der Waals surface area contributed by atoms with Crippen LogP contribution in [0.3, 0.4) is 0 Å². The highest BCUT2D eigenvalue weighted by molar-refractivity contribution is 7.89. The molecular weight excluding hydrogens is 364 g/mol. The highest BCUT2D eigenvalue weighted by Gasteiger charge is 2.29. The first-order valence-corrected chi connectivity index (χ1v) is 10.7. The van der Waals surface area contributed by atoms with Gasteiger partial charge in [0.05, 0.1) is 12.5 Å². The van der Waals surface area contributed by atoms with Crippen molar-refractivity contribution in [3.8, 4) is 0 Å². The van der Waals surface area contributed by atoms with Crippen LogP contribution < -0.4 is 0 Å². The molecule has 27 heavy (non-hydrogen) atoms. The number of hydrogen-bond acceptors (Lipinski definition) is 5. The van der Waals surface area contributed by atoms with Gasteiger partial charge in [-0.3, -0.25) is 0 Å². The molecule has 144 valence electrons. The molecule has 0 aliphatic carbocycles. The van der Waals surface area contributed by atoms with Gasteiger partial charge < -0.3 is 14.5 Å². The zero-order valence-electron chi connectivity index (χ0n) is 15.4. The van der Waals surface area contributed by atoms with Crippen molar-refractivity contribution in [1.82, 2.24) is 28.7 Å². The number of hydrogen-bond donors (Lipinski definition) is 1. The first-order valence-electron chi connectivity index (χ1n) is 9.23. The van der Waals surface area contributed by atoms with Crippen LogP contribution in [0.1, 0.15) is 12.5 Å². The molecule has 0 spiro atoms. The number of H-pyrrole nitrogens is 1. The minimum absolute atomic E-state index is 0.163. The monoisotopic (exact) mass is 388 g/mol. The zero-order chi connectivity index (χ0) is 18.9. The molecule has 0 amide bonds. The first kappa shape index (κ1) is 18.1. The summed E-state index contributed by atoms with van der Waals surface area (Å²) in [6, 6.07) is 4.10. The van der Waals surface area contributed by atoms with Crippen molar-refractivity contribution in [2.75, 3.05) is 32.7 Å². The van der Waals surface area contributed by atoms with Gasteiger partial charge >= 0.3 is 0 Å². The maximum atomic E-state index is 12.5. The third-order valence-electron chi connectivity index (χ3n) is 5.18. The van der Waals surface area contributed by atoms with E-state index in [-0.39, 0.29) is 5.03 Å². The number of nitrogens with zero attached hydrogens (tertiary/aromatic N) is 5. The Labute approximate surface area is 158 Å². The fourth-order valence-electron chi connectivity index (χ4n) is 3.63. The topological polar surface area (TPSA) is 87.1 Å². The Morgan fingerprint density at radius 2 is 2.04 bits per heavy atom. The lowest BCUT2D eigenvalue weighted by Gasteiger charge is -2.33. The van der Waals surface area contributed by atoms with Crippen LogP contribution in [0.25, 0.3) is 11.0 Å². The number of rotatable bonds is 6. The molecule has 1 aliphatic rings. The molecule has 0 unspecified atom stereocenters. The number of aromatic amines is 1. The lowest BCUT2D eigenvalue weighted by atomic mass is 10.1. The highest BCUT2D eigenvalue weighted by atomic mass is 32.2. The average molecular weight is 388 g/mol. The predicted molar refractivity (Wildman–Crippen MR) is 103 cm³/mol. The lowest BCUT2D eigenvalue weighted by molar-refractivity contribution is 0.190. The number of fused-ring (bicyclic) bond motifs is 1. The van der Waals surface area contributed by atoms with Crippen molar-refractivity contribution in [3.63, 3.8) is 0 Å². The summed E-state index contributed by atoms with van der Waals surface area (Å²) in [7, 11) is -3.46. The quantitative estimate of drug-likeness (QED) is 0.688. The molecule has 8 nitrogen and oxygen atoms in total. The fraction of sp³-hybridized carbons (Fsp3) is 0.444. The molecule has 3 aromatic heterocycles. The van der Waals surface area contributed by atoms with Crippen LogP contribution in [-0.2, 0) is 23.0 Å². The number of nitrogens with one attached hydrogen (secondary N) is 1. The summed E-state index contributed by atoms with van der Waals surface area (Å²) >= 11 is 0. The third kappa shape index (κ3) is 3.50. The van der Waals surface area contributed by atoms with Crippen LogP contribution in [0.2, 0.25) is 0 Å². The Bertz CT molecular complexity index is 1000. The van der Waals surface area contributed by atoms with Crippen LogP contribution in [0.5, 0.6) is 0 Å². The minimum Gasteiger partial charge on any atom is -0.335 e. The Balaban J connectivity index is 1.38. The van der Waals surface area contributed by atoms with E-state index in [0.29, 0.717) is 13.1 Å². The molecular formula is C18H24N6O2S. The standard InChI is InChI=1S/C18H24N6O2S/c1-2-23-13-15(16-4-3-6-20-18(16)23)5-7-22-8-10-24(11-9-22)27(25,26)17-12-19-14-21-17/h3-4,6,12-14H,2,5,7-11H2,1H3,(H,19,21). The number of aromatic nitrogens is 4. The van der Waals surface area contributed by atoms with Gasteiger partial charge in [-0.05, 0) is 31.0 Å². The smallest absolute Gasteiger partial charge is 0.260 e. The fourth-order valence-corrected chi connectivity index (χ4v) is 4.95. The van der Waals surface area contributed by atoms with Crippen molar-refractivity contribution >= 4 is 21.1 Å². The van der Waals surface area contributed by atoms with Gasteiger partial charge in [0, 0.05) is 57.0 Å². The molecule has 9 heteroatoms. The Hall–Kier alpha value is -2.23. The maximum absolute atomic E-state index is 12.5. The molecule has 1 saturated heterocycles. The summed E-state index contributed by atoms with van der Waals surface area (Å²) in [6.07, 6.45) is 7.71. The lowest BCUT2D eigenvalue weighted by Crippen LogP contribution is -2.49. The number of sulfonamides is 1. The molecule has 3 aromatic rings. The molecule has 0 radical (unpaired) electrons. The van der Waals surface area contributed by atoms with E-state index >= 15 is 0 Å². The first-order chi connectivity index (χ1) is 13.1. The number of pyridine rings is 1. The largest absolute Gasteiger partial charge is 0.335 e. The van der Waals surface area contributed by atoms with E-state index in [1.165, 1.54) is 27.8 Å². The molecule has 1 fully saturated rings. The number of piperazine rings is 1. The second-order valence-electron chi connectivity index (χ2n) is 6.73. The van der Waals surface area contributed by atoms with Crippen molar-refractivity contribution in [1.29, 1.82) is 0 Å². The van der Waals surface area contributed by atoms with Gasteiger partial charge in [-0.15, -0.1) is 0 Å². The van der Waals surface area contributed by atoms with E-state index in [2.05, 4.69) is 43.6 Å². The molecule has 4 rings (SSSR count). The summed E-state index contributed by atoms with van der Waals surface area (Å²) < 4.78 is 28.8. The van der Waals surface area contributed by atoms with E-state index in [0.717, 1.165) is 38.2 Å². The SMILES string of the molecule is CCn1cc(CCN2CCN(S(=O)(=O)c3cnc[nH]3)CC2)c2cccnc21. The van der Waals surface area contributed by atoms with E-state index in [1.54, 1.807) is 0 Å². The van der Waals surface area contributed by atoms with E-state index in [4.69, 9.17) is 0 Å². The van der Waals surface area contributed by atoms with Gasteiger partial charge in [-0.2, -0.15) is 4.31 Å². The summed E-state index contributed by atoms with van der Waals surface area (Å²) in [5, 5.41) is 1.37. The van der Waals surface area contributed by atoms with Gasteiger partial charge in [0.15, 0.2) is 5.03 Å². The molecule has 0 atom stereocenters. The van der Waals surface area contributed by atoms with Gasteiger partial charge in [0.2, 0.25) is 0 Å². The number of aryl methyl sites for hydroxylation is 1. The van der Waals surface area contributed by atoms with E-state index in [1.807, 2.05) is 12.3 Å². The van der Waals surface area contributed by atoms with E-state index in [9.17, 15) is 8.42 Å². The Morgan fingerprint density at radius 1 is 1.22 bits per heavy atom. The van der Waals surface area contributed by atoms with Crippen LogP contribution in [0, 0.1) is 0 Å². The second-order valence-corrected chi connectivity index (χ2v) is 8.63. The van der Waals surface area contributed by atoms with Crippen molar-refractivity contribution < 1.29 is 8.42 Å². The molecule has 4 heterocycles. The number of imidazole rings is 1. The van der Waals surface area contributed by atoms with E-state index < -0.39 is 10.0 Å². The summed E-state index contributed by atoms with van der Waals surface area (Å²) in [4.78, 5) is 13.3. The molecule has 0 aromatic carbocycles. The summed E-state index contributed by atoms with van der Waals surface area (Å²) in [5.74, 6) is 0. The third-order valence-corrected chi connectivity index (χ3v) is 7.00. The average Bonchev–Trinajstić information content (AvgIpc) is 3.35. The van der Waals surface area contributed by atoms with Crippen molar-refractivity contribution in [2.45, 2.75) is 24.9 Å². The van der Waals surface area contributed by atoms with Crippen LogP contribution >= 0.6 is 0 Å². The molecule has 1 aliphatic heterocycles. The normalized spacial score (nSPS) is 16.9. The van der Waals surface area contributed by atoms with Crippen LogP contribution in [0.4, 0.5) is 0 Å². The maximum Gasteiger partial charge on any atom is 0.260 e. The van der Waals surface area contributed by atoms with Crippen molar-refractivity contribution in [2.24, 2.45) is 0 Å². The second kappa shape index (κ2) is 7.41. The molecule has 1 N–H and O–H groups in total. The van der Waals surface area contributed by atoms with Gasteiger partial charge in [-0.1, -0.05) is 0 Å². The van der Waals surface area contributed by atoms with Crippen LogP contribution in [0.15, 0.2) is 42.1 Å². The van der Waals surface area contributed by atoms with Crippen molar-refractivity contribution in [3.05, 3.63) is 42.6 Å². The van der Waals surface area contributed by atoms with Crippen LogP contribution in [-0.4, -0.2) is 69.9 Å². The molecule has 0 bridgehead atoms. The minimum atomic E-state index is -3.46. The van der Waals surface area contributed by atoms with Gasteiger partial charge in [0.25, 0.3) is 10.0 Å².